The number of rotatable bonds is 5. The summed E-state index contributed by atoms with van der Waals surface area (Å²) in [6, 6.07) is 0.368. The summed E-state index contributed by atoms with van der Waals surface area (Å²) < 4.78 is 0. The number of urea groups is 1. The standard InChI is InChI=1S/C16H28N2O3/c1-11(2)18(10-12-4-3-5-12)16(21)17-14-8-6-13(7-9-14)15(19)20/h11-14H,3-10H2,1-2H3,(H,17,21)(H,19,20). The fraction of sp³-hybridized carbons (Fsp3) is 0.875. The first kappa shape index (κ1) is 16.1. The lowest BCUT2D eigenvalue weighted by atomic mass is 9.85. The Morgan fingerprint density at radius 3 is 2.19 bits per heavy atom. The van der Waals surface area contributed by atoms with E-state index in [0.29, 0.717) is 18.8 Å². The summed E-state index contributed by atoms with van der Waals surface area (Å²) in [6.07, 6.45) is 6.66. The van der Waals surface area contributed by atoms with Gasteiger partial charge in [0, 0.05) is 18.6 Å². The zero-order valence-corrected chi connectivity index (χ0v) is 13.2. The van der Waals surface area contributed by atoms with E-state index in [1.807, 2.05) is 4.90 Å². The molecule has 0 heterocycles. The SMILES string of the molecule is CC(C)N(CC1CCC1)C(=O)NC1CCC(C(=O)O)CC1. The van der Waals surface area contributed by atoms with Crippen molar-refractivity contribution in [2.75, 3.05) is 6.54 Å². The van der Waals surface area contributed by atoms with Gasteiger partial charge in [-0.15, -0.1) is 0 Å². The Labute approximate surface area is 127 Å². The van der Waals surface area contributed by atoms with Crippen LogP contribution in [0.4, 0.5) is 4.79 Å². The van der Waals surface area contributed by atoms with Crippen molar-refractivity contribution in [2.45, 2.75) is 70.9 Å². The molecule has 2 N–H and O–H groups in total. The molecule has 0 aromatic rings. The third-order valence-corrected chi connectivity index (χ3v) is 4.97. The Morgan fingerprint density at radius 2 is 1.76 bits per heavy atom. The van der Waals surface area contributed by atoms with E-state index >= 15 is 0 Å². The van der Waals surface area contributed by atoms with Gasteiger partial charge in [-0.05, 0) is 58.3 Å². The van der Waals surface area contributed by atoms with Crippen LogP contribution in [0, 0.1) is 11.8 Å². The van der Waals surface area contributed by atoms with Gasteiger partial charge in [0.25, 0.3) is 0 Å². The quantitative estimate of drug-likeness (QED) is 0.819. The summed E-state index contributed by atoms with van der Waals surface area (Å²) in [5.41, 5.74) is 0. The second-order valence-corrected chi connectivity index (χ2v) is 6.88. The number of carboxylic acids is 1. The van der Waals surface area contributed by atoms with Crippen molar-refractivity contribution in [3.63, 3.8) is 0 Å². The number of carboxylic acid groups (broad SMARTS) is 1. The van der Waals surface area contributed by atoms with E-state index in [9.17, 15) is 9.59 Å². The van der Waals surface area contributed by atoms with Gasteiger partial charge in [0.2, 0.25) is 0 Å². The first-order valence-corrected chi connectivity index (χ1v) is 8.27. The Bertz CT molecular complexity index is 372. The highest BCUT2D eigenvalue weighted by Gasteiger charge is 2.29. The van der Waals surface area contributed by atoms with Gasteiger partial charge in [-0.2, -0.15) is 0 Å². The van der Waals surface area contributed by atoms with E-state index in [2.05, 4.69) is 19.2 Å². The Morgan fingerprint density at radius 1 is 1.14 bits per heavy atom. The average Bonchev–Trinajstić information content (AvgIpc) is 2.37. The molecule has 0 aromatic heterocycles. The number of carbonyl (C=O) groups excluding carboxylic acids is 1. The van der Waals surface area contributed by atoms with Crippen molar-refractivity contribution in [2.24, 2.45) is 11.8 Å². The summed E-state index contributed by atoms with van der Waals surface area (Å²) in [5.74, 6) is -0.260. The predicted molar refractivity (Wildman–Crippen MR) is 81.1 cm³/mol. The van der Waals surface area contributed by atoms with Crippen LogP contribution in [0.2, 0.25) is 0 Å². The van der Waals surface area contributed by atoms with Crippen LogP contribution in [0.15, 0.2) is 0 Å². The van der Waals surface area contributed by atoms with Crippen molar-refractivity contribution in [1.82, 2.24) is 10.2 Å². The van der Waals surface area contributed by atoms with Crippen molar-refractivity contribution in [3.05, 3.63) is 0 Å². The zero-order chi connectivity index (χ0) is 15.4. The van der Waals surface area contributed by atoms with Gasteiger partial charge in [0.1, 0.15) is 0 Å². The predicted octanol–water partition coefficient (Wildman–Crippen LogP) is 2.85. The van der Waals surface area contributed by atoms with Crippen molar-refractivity contribution < 1.29 is 14.7 Å². The lowest BCUT2D eigenvalue weighted by molar-refractivity contribution is -0.142. The highest BCUT2D eigenvalue weighted by atomic mass is 16.4. The molecular weight excluding hydrogens is 268 g/mol. The first-order valence-electron chi connectivity index (χ1n) is 8.27. The molecule has 2 aliphatic rings. The average molecular weight is 296 g/mol. The second-order valence-electron chi connectivity index (χ2n) is 6.88. The van der Waals surface area contributed by atoms with E-state index in [4.69, 9.17) is 5.11 Å². The molecule has 0 atom stereocenters. The molecule has 0 saturated heterocycles. The molecule has 5 nitrogen and oxygen atoms in total. The lowest BCUT2D eigenvalue weighted by Gasteiger charge is -2.36. The number of nitrogens with zero attached hydrogens (tertiary/aromatic N) is 1. The molecule has 5 heteroatoms. The molecule has 0 unspecified atom stereocenters. The molecule has 2 aliphatic carbocycles. The van der Waals surface area contributed by atoms with Crippen LogP contribution < -0.4 is 5.32 Å². The normalized spacial score (nSPS) is 26.2. The van der Waals surface area contributed by atoms with Gasteiger partial charge in [-0.25, -0.2) is 4.79 Å². The van der Waals surface area contributed by atoms with Gasteiger partial charge in [-0.3, -0.25) is 4.79 Å². The monoisotopic (exact) mass is 296 g/mol. The van der Waals surface area contributed by atoms with Crippen molar-refractivity contribution >= 4 is 12.0 Å². The fourth-order valence-electron chi connectivity index (χ4n) is 3.22. The minimum absolute atomic E-state index is 0.0238. The van der Waals surface area contributed by atoms with Crippen LogP contribution in [-0.2, 0) is 4.79 Å². The van der Waals surface area contributed by atoms with Gasteiger partial charge in [-0.1, -0.05) is 6.42 Å². The Hall–Kier alpha value is -1.26. The highest BCUT2D eigenvalue weighted by Crippen LogP contribution is 2.28. The van der Waals surface area contributed by atoms with Crippen molar-refractivity contribution in [1.29, 1.82) is 0 Å². The summed E-state index contributed by atoms with van der Waals surface area (Å²) in [6.45, 7) is 4.97. The van der Waals surface area contributed by atoms with Crippen LogP contribution in [0.1, 0.15) is 58.8 Å². The molecule has 2 saturated carbocycles. The maximum atomic E-state index is 12.4. The second kappa shape index (κ2) is 7.14. The molecule has 2 rings (SSSR count). The smallest absolute Gasteiger partial charge is 0.317 e. The number of carbonyl (C=O) groups is 2. The number of aliphatic carboxylic acids is 1. The third-order valence-electron chi connectivity index (χ3n) is 4.97. The maximum Gasteiger partial charge on any atom is 0.317 e. The minimum Gasteiger partial charge on any atom is -0.481 e. The van der Waals surface area contributed by atoms with E-state index in [0.717, 1.165) is 19.4 Å². The number of amides is 2. The summed E-state index contributed by atoms with van der Waals surface area (Å²) >= 11 is 0. The summed E-state index contributed by atoms with van der Waals surface area (Å²) in [7, 11) is 0. The van der Waals surface area contributed by atoms with Crippen LogP contribution in [0.25, 0.3) is 0 Å². The zero-order valence-electron chi connectivity index (χ0n) is 13.2. The first-order chi connectivity index (χ1) is 9.97. The third kappa shape index (κ3) is 4.35. The number of hydrogen-bond donors (Lipinski definition) is 2. The van der Waals surface area contributed by atoms with E-state index in [1.54, 1.807) is 0 Å². The Kier molecular flexibility index (Phi) is 5.48. The molecule has 2 amide bonds. The largest absolute Gasteiger partial charge is 0.481 e. The van der Waals surface area contributed by atoms with Crippen molar-refractivity contribution in [3.8, 4) is 0 Å². The molecule has 0 aromatic carbocycles. The molecule has 21 heavy (non-hydrogen) atoms. The van der Waals surface area contributed by atoms with Crippen LogP contribution in [-0.4, -0.2) is 40.6 Å². The van der Waals surface area contributed by atoms with Gasteiger partial charge < -0.3 is 15.3 Å². The summed E-state index contributed by atoms with van der Waals surface area (Å²) in [5, 5.41) is 12.1. The van der Waals surface area contributed by atoms with Crippen LogP contribution in [0.5, 0.6) is 0 Å². The topological polar surface area (TPSA) is 69.6 Å². The molecule has 0 spiro atoms. The fourth-order valence-corrected chi connectivity index (χ4v) is 3.22. The van der Waals surface area contributed by atoms with Gasteiger partial charge in [0.05, 0.1) is 5.92 Å². The minimum atomic E-state index is -0.700. The van der Waals surface area contributed by atoms with Crippen LogP contribution in [0.3, 0.4) is 0 Å². The molecule has 0 radical (unpaired) electrons. The molecule has 2 fully saturated rings. The Balaban J connectivity index is 1.80. The van der Waals surface area contributed by atoms with Crippen LogP contribution >= 0.6 is 0 Å². The highest BCUT2D eigenvalue weighted by molar-refractivity contribution is 5.75. The summed E-state index contributed by atoms with van der Waals surface area (Å²) in [4.78, 5) is 25.3. The number of hydrogen-bond acceptors (Lipinski definition) is 2. The lowest BCUT2D eigenvalue weighted by Crippen LogP contribution is -2.50. The van der Waals surface area contributed by atoms with E-state index < -0.39 is 5.97 Å². The molecular formula is C16H28N2O3. The van der Waals surface area contributed by atoms with Gasteiger partial charge >= 0.3 is 12.0 Å². The van der Waals surface area contributed by atoms with E-state index in [-0.39, 0.29) is 24.0 Å². The van der Waals surface area contributed by atoms with E-state index in [1.165, 1.54) is 19.3 Å². The molecule has 0 bridgehead atoms. The molecule has 0 aliphatic heterocycles. The maximum absolute atomic E-state index is 12.4. The molecule has 120 valence electrons. The number of nitrogens with one attached hydrogen (secondary N) is 1. The van der Waals surface area contributed by atoms with Gasteiger partial charge in [0.15, 0.2) is 0 Å².